The third-order valence-electron chi connectivity index (χ3n) is 4.49. The van der Waals surface area contributed by atoms with Crippen LogP contribution in [0.15, 0.2) is 18.2 Å². The molecule has 142 valence electrons. The first kappa shape index (κ1) is 18.7. The van der Waals surface area contributed by atoms with Gasteiger partial charge >= 0.3 is 5.97 Å². The third-order valence-corrected chi connectivity index (χ3v) is 4.49. The van der Waals surface area contributed by atoms with Crippen molar-refractivity contribution in [1.29, 1.82) is 0 Å². The number of benzene rings is 1. The average Bonchev–Trinajstić information content (AvgIpc) is 3.21. The van der Waals surface area contributed by atoms with E-state index in [9.17, 15) is 14.4 Å². The number of Topliss-reactive ketones (excluding diaryl/α,β-unsaturated/α-hetero) is 2. The fraction of sp³-hybridized carbons (Fsp3) is 0.350. The predicted octanol–water partition coefficient (Wildman–Crippen LogP) is 2.92. The standard InChI is InChI=1S/C20H21NO6/c1-11-19(13(3)22)12(2)21-20(11)15(23)9-25-18(24)7-5-14-4-6-16-17(8-14)27-10-26-16/h4,6,8,21H,5,7,9-10H2,1-3H3. The van der Waals surface area contributed by atoms with E-state index in [0.717, 1.165) is 5.56 Å². The van der Waals surface area contributed by atoms with E-state index in [1.54, 1.807) is 19.9 Å². The van der Waals surface area contributed by atoms with Crippen molar-refractivity contribution in [3.05, 3.63) is 46.3 Å². The molecular formula is C20H21NO6. The highest BCUT2D eigenvalue weighted by Crippen LogP contribution is 2.32. The Morgan fingerprint density at radius 2 is 1.89 bits per heavy atom. The molecule has 0 fully saturated rings. The van der Waals surface area contributed by atoms with Crippen molar-refractivity contribution < 1.29 is 28.6 Å². The summed E-state index contributed by atoms with van der Waals surface area (Å²) in [6, 6.07) is 5.49. The van der Waals surface area contributed by atoms with Gasteiger partial charge in [0.05, 0.1) is 5.69 Å². The molecular weight excluding hydrogens is 350 g/mol. The largest absolute Gasteiger partial charge is 0.457 e. The van der Waals surface area contributed by atoms with Gasteiger partial charge in [-0.2, -0.15) is 0 Å². The van der Waals surface area contributed by atoms with E-state index < -0.39 is 5.97 Å². The van der Waals surface area contributed by atoms with E-state index in [4.69, 9.17) is 14.2 Å². The van der Waals surface area contributed by atoms with Gasteiger partial charge in [0.15, 0.2) is 23.9 Å². The van der Waals surface area contributed by atoms with Crippen LogP contribution >= 0.6 is 0 Å². The molecule has 7 nitrogen and oxygen atoms in total. The molecule has 0 saturated carbocycles. The summed E-state index contributed by atoms with van der Waals surface area (Å²) in [4.78, 5) is 38.8. The molecule has 1 aromatic carbocycles. The smallest absolute Gasteiger partial charge is 0.306 e. The molecule has 0 aliphatic carbocycles. The lowest BCUT2D eigenvalue weighted by atomic mass is 10.1. The zero-order valence-corrected chi connectivity index (χ0v) is 15.5. The van der Waals surface area contributed by atoms with Crippen LogP contribution < -0.4 is 9.47 Å². The van der Waals surface area contributed by atoms with E-state index in [0.29, 0.717) is 40.4 Å². The van der Waals surface area contributed by atoms with Crippen LogP contribution in [0.25, 0.3) is 0 Å². The summed E-state index contributed by atoms with van der Waals surface area (Å²) in [6.07, 6.45) is 0.618. The molecule has 3 rings (SSSR count). The Morgan fingerprint density at radius 1 is 1.15 bits per heavy atom. The van der Waals surface area contributed by atoms with E-state index in [-0.39, 0.29) is 31.4 Å². The second kappa shape index (κ2) is 7.65. The van der Waals surface area contributed by atoms with Gasteiger partial charge in [-0.15, -0.1) is 0 Å². The highest BCUT2D eigenvalue weighted by atomic mass is 16.7. The first-order valence-electron chi connectivity index (χ1n) is 8.64. The molecule has 0 saturated heterocycles. The molecule has 0 bridgehead atoms. The highest BCUT2D eigenvalue weighted by Gasteiger charge is 2.21. The van der Waals surface area contributed by atoms with Crippen molar-refractivity contribution in [2.45, 2.75) is 33.6 Å². The molecule has 0 radical (unpaired) electrons. The lowest BCUT2D eigenvalue weighted by Gasteiger charge is -2.05. The first-order valence-corrected chi connectivity index (χ1v) is 8.64. The molecule has 1 aliphatic heterocycles. The van der Waals surface area contributed by atoms with Crippen LogP contribution in [0, 0.1) is 13.8 Å². The van der Waals surface area contributed by atoms with Gasteiger partial charge in [0, 0.05) is 17.7 Å². The third kappa shape index (κ3) is 4.02. The van der Waals surface area contributed by atoms with Crippen molar-refractivity contribution in [2.24, 2.45) is 0 Å². The summed E-state index contributed by atoms with van der Waals surface area (Å²) >= 11 is 0. The molecule has 27 heavy (non-hydrogen) atoms. The number of fused-ring (bicyclic) bond motifs is 1. The van der Waals surface area contributed by atoms with Crippen LogP contribution in [-0.4, -0.2) is 35.9 Å². The van der Waals surface area contributed by atoms with Crippen LogP contribution in [-0.2, 0) is 16.0 Å². The summed E-state index contributed by atoms with van der Waals surface area (Å²) in [5, 5.41) is 0. The van der Waals surface area contributed by atoms with Crippen molar-refractivity contribution in [1.82, 2.24) is 4.98 Å². The molecule has 1 N–H and O–H groups in total. The number of esters is 1. The quantitative estimate of drug-likeness (QED) is 0.594. The van der Waals surface area contributed by atoms with Crippen molar-refractivity contribution in [3.8, 4) is 11.5 Å². The number of carbonyl (C=O) groups is 3. The van der Waals surface area contributed by atoms with Crippen molar-refractivity contribution in [3.63, 3.8) is 0 Å². The molecule has 2 aromatic rings. The molecule has 0 unspecified atom stereocenters. The number of carbonyl (C=O) groups excluding carboxylic acids is 3. The molecule has 2 heterocycles. The first-order chi connectivity index (χ1) is 12.9. The number of hydrogen-bond donors (Lipinski definition) is 1. The molecule has 0 amide bonds. The molecule has 0 atom stereocenters. The number of nitrogens with one attached hydrogen (secondary N) is 1. The summed E-state index contributed by atoms with van der Waals surface area (Å²) in [5.74, 6) is 0.415. The van der Waals surface area contributed by atoms with Crippen LogP contribution in [0.1, 0.15) is 51.0 Å². The van der Waals surface area contributed by atoms with Crippen LogP contribution in [0.5, 0.6) is 11.5 Å². The van der Waals surface area contributed by atoms with Gasteiger partial charge in [-0.1, -0.05) is 6.07 Å². The summed E-state index contributed by atoms with van der Waals surface area (Å²) in [7, 11) is 0. The highest BCUT2D eigenvalue weighted by molar-refractivity contribution is 6.04. The van der Waals surface area contributed by atoms with Crippen LogP contribution in [0.3, 0.4) is 0 Å². The van der Waals surface area contributed by atoms with Crippen molar-refractivity contribution in [2.75, 3.05) is 13.4 Å². The van der Waals surface area contributed by atoms with Gasteiger partial charge in [0.1, 0.15) is 0 Å². The molecule has 1 aliphatic rings. The summed E-state index contributed by atoms with van der Waals surface area (Å²) < 4.78 is 15.6. The van der Waals surface area contributed by atoms with Gasteiger partial charge in [0.25, 0.3) is 0 Å². The van der Waals surface area contributed by atoms with Crippen molar-refractivity contribution >= 4 is 17.5 Å². The maximum Gasteiger partial charge on any atom is 0.306 e. The maximum absolute atomic E-state index is 12.3. The number of aryl methyl sites for hydroxylation is 2. The lowest BCUT2D eigenvalue weighted by Crippen LogP contribution is -2.15. The fourth-order valence-corrected chi connectivity index (χ4v) is 3.19. The summed E-state index contributed by atoms with van der Waals surface area (Å²) in [5.41, 5.74) is 2.96. The van der Waals surface area contributed by atoms with E-state index in [1.807, 2.05) is 12.1 Å². The number of rotatable bonds is 7. The zero-order chi connectivity index (χ0) is 19.6. The summed E-state index contributed by atoms with van der Waals surface area (Å²) in [6.45, 7) is 4.73. The minimum Gasteiger partial charge on any atom is -0.457 e. The lowest BCUT2D eigenvalue weighted by molar-refractivity contribution is -0.142. The molecule has 1 aromatic heterocycles. The number of ketones is 2. The van der Waals surface area contributed by atoms with Gasteiger partial charge in [0.2, 0.25) is 12.6 Å². The number of H-pyrrole nitrogens is 1. The second-order valence-electron chi connectivity index (χ2n) is 6.45. The van der Waals surface area contributed by atoms with E-state index in [2.05, 4.69) is 4.98 Å². The Hall–Kier alpha value is -3.09. The Bertz CT molecular complexity index is 911. The maximum atomic E-state index is 12.3. The molecule has 7 heteroatoms. The monoisotopic (exact) mass is 371 g/mol. The Balaban J connectivity index is 1.52. The van der Waals surface area contributed by atoms with E-state index >= 15 is 0 Å². The number of aromatic nitrogens is 1. The fourth-order valence-electron chi connectivity index (χ4n) is 3.19. The predicted molar refractivity (Wildman–Crippen MR) is 96.4 cm³/mol. The Morgan fingerprint density at radius 3 is 2.59 bits per heavy atom. The zero-order valence-electron chi connectivity index (χ0n) is 15.5. The van der Waals surface area contributed by atoms with Crippen LogP contribution in [0.2, 0.25) is 0 Å². The number of ether oxygens (including phenoxy) is 3. The number of aromatic amines is 1. The normalized spacial score (nSPS) is 12.1. The second-order valence-corrected chi connectivity index (χ2v) is 6.45. The van der Waals surface area contributed by atoms with E-state index in [1.165, 1.54) is 6.92 Å². The average molecular weight is 371 g/mol. The Kier molecular flexibility index (Phi) is 5.30. The Labute approximate surface area is 156 Å². The van der Waals surface area contributed by atoms with Gasteiger partial charge in [-0.25, -0.2) is 0 Å². The van der Waals surface area contributed by atoms with Gasteiger partial charge < -0.3 is 19.2 Å². The van der Waals surface area contributed by atoms with Gasteiger partial charge in [-0.3, -0.25) is 14.4 Å². The molecule has 0 spiro atoms. The van der Waals surface area contributed by atoms with Gasteiger partial charge in [-0.05, 0) is 50.5 Å². The minimum atomic E-state index is -0.464. The van der Waals surface area contributed by atoms with Crippen LogP contribution in [0.4, 0.5) is 0 Å². The minimum absolute atomic E-state index is 0.110. The topological polar surface area (TPSA) is 94.7 Å². The SMILES string of the molecule is CC(=O)c1c(C)[nH]c(C(=O)COC(=O)CCc2ccc3c(c2)OCO3)c1C. The number of hydrogen-bond acceptors (Lipinski definition) is 6.